The molecule has 1 amide bonds. The van der Waals surface area contributed by atoms with Crippen LogP contribution in [0.2, 0.25) is 0 Å². The number of nitrogens with one attached hydrogen (secondary N) is 2. The Morgan fingerprint density at radius 3 is 2.65 bits per heavy atom. The van der Waals surface area contributed by atoms with Crippen LogP contribution < -0.4 is 10.6 Å². The molecule has 0 saturated carbocycles. The Bertz CT molecular complexity index is 622. The van der Waals surface area contributed by atoms with Crippen molar-refractivity contribution in [3.05, 3.63) is 59.7 Å². The molecule has 1 heterocycles. The fourth-order valence-electron chi connectivity index (χ4n) is 2.52. The summed E-state index contributed by atoms with van der Waals surface area (Å²) in [6.45, 7) is 2.05. The van der Waals surface area contributed by atoms with Crippen molar-refractivity contribution in [3.8, 4) is 0 Å². The van der Waals surface area contributed by atoms with Gasteiger partial charge in [-0.15, -0.1) is 0 Å². The van der Waals surface area contributed by atoms with Crippen molar-refractivity contribution < 1.29 is 4.79 Å². The van der Waals surface area contributed by atoms with Gasteiger partial charge in [-0.3, -0.25) is 4.79 Å². The largest absolute Gasteiger partial charge is 0.372 e. The molecule has 0 fully saturated rings. The van der Waals surface area contributed by atoms with Crippen molar-refractivity contribution in [2.75, 3.05) is 10.6 Å². The van der Waals surface area contributed by atoms with Crippen LogP contribution in [0.25, 0.3) is 0 Å². The third-order valence-corrected chi connectivity index (χ3v) is 3.64. The van der Waals surface area contributed by atoms with Crippen molar-refractivity contribution in [2.45, 2.75) is 25.8 Å². The second kappa shape index (κ2) is 5.37. The van der Waals surface area contributed by atoms with Crippen molar-refractivity contribution in [3.63, 3.8) is 0 Å². The third-order valence-electron chi connectivity index (χ3n) is 3.64. The second-order valence-corrected chi connectivity index (χ2v) is 5.26. The molecule has 1 aliphatic rings. The Morgan fingerprint density at radius 2 is 1.85 bits per heavy atom. The van der Waals surface area contributed by atoms with Gasteiger partial charge in [-0.2, -0.15) is 0 Å². The van der Waals surface area contributed by atoms with Crippen LogP contribution in [-0.4, -0.2) is 11.9 Å². The van der Waals surface area contributed by atoms with E-state index in [-0.39, 0.29) is 11.9 Å². The molecule has 1 aliphatic heterocycles. The predicted molar refractivity (Wildman–Crippen MR) is 82.0 cm³/mol. The number of aryl methyl sites for hydroxylation is 2. The predicted octanol–water partition coefficient (Wildman–Crippen LogP) is 3.36. The van der Waals surface area contributed by atoms with Gasteiger partial charge >= 0.3 is 0 Å². The Labute approximate surface area is 119 Å². The van der Waals surface area contributed by atoms with Crippen LogP contribution in [0.5, 0.6) is 0 Å². The standard InChI is InChI=1S/C17H18N2O/c1-12-7-9-14-16(11-12)18-15(17(20)19-14)10-8-13-5-3-2-4-6-13/h2-7,9,11,15,18H,8,10H2,1H3,(H,19,20). The van der Waals surface area contributed by atoms with Crippen molar-refractivity contribution in [1.82, 2.24) is 0 Å². The van der Waals surface area contributed by atoms with Gasteiger partial charge in [0.05, 0.1) is 11.4 Å². The Morgan fingerprint density at radius 1 is 1.05 bits per heavy atom. The maximum Gasteiger partial charge on any atom is 0.246 e. The fraction of sp³-hybridized carbons (Fsp3) is 0.235. The zero-order valence-electron chi connectivity index (χ0n) is 11.5. The highest BCUT2D eigenvalue weighted by molar-refractivity contribution is 6.02. The minimum Gasteiger partial charge on any atom is -0.372 e. The van der Waals surface area contributed by atoms with Crippen molar-refractivity contribution in [1.29, 1.82) is 0 Å². The van der Waals surface area contributed by atoms with Gasteiger partial charge in [0, 0.05) is 0 Å². The first-order chi connectivity index (χ1) is 9.72. The lowest BCUT2D eigenvalue weighted by Crippen LogP contribution is -2.39. The zero-order valence-corrected chi connectivity index (χ0v) is 11.5. The van der Waals surface area contributed by atoms with Gasteiger partial charge in [0.25, 0.3) is 0 Å². The normalized spacial score (nSPS) is 17.1. The van der Waals surface area contributed by atoms with Crippen LogP contribution >= 0.6 is 0 Å². The number of hydrogen-bond donors (Lipinski definition) is 2. The molecule has 3 nitrogen and oxygen atoms in total. The molecule has 1 atom stereocenters. The molecule has 2 aromatic carbocycles. The number of carbonyl (C=O) groups is 1. The van der Waals surface area contributed by atoms with Crippen molar-refractivity contribution >= 4 is 17.3 Å². The van der Waals surface area contributed by atoms with Gasteiger partial charge in [-0.25, -0.2) is 0 Å². The molecule has 0 aliphatic carbocycles. The summed E-state index contributed by atoms with van der Waals surface area (Å²) in [5.74, 6) is 0.0530. The average Bonchev–Trinajstić information content (AvgIpc) is 2.46. The monoisotopic (exact) mass is 266 g/mol. The number of hydrogen-bond acceptors (Lipinski definition) is 2. The first kappa shape index (κ1) is 12.7. The van der Waals surface area contributed by atoms with E-state index in [0.717, 1.165) is 24.2 Å². The maximum absolute atomic E-state index is 12.1. The molecule has 0 bridgehead atoms. The molecule has 0 aromatic heterocycles. The van der Waals surface area contributed by atoms with E-state index in [2.05, 4.69) is 35.8 Å². The number of rotatable bonds is 3. The van der Waals surface area contributed by atoms with Gasteiger partial charge in [-0.05, 0) is 43.0 Å². The minimum atomic E-state index is -0.162. The van der Waals surface area contributed by atoms with Gasteiger partial charge in [0.1, 0.15) is 6.04 Å². The molecule has 102 valence electrons. The highest BCUT2D eigenvalue weighted by Gasteiger charge is 2.24. The third kappa shape index (κ3) is 2.67. The topological polar surface area (TPSA) is 41.1 Å². The van der Waals surface area contributed by atoms with Crippen LogP contribution in [0.3, 0.4) is 0 Å². The first-order valence-corrected chi connectivity index (χ1v) is 6.94. The maximum atomic E-state index is 12.1. The lowest BCUT2D eigenvalue weighted by atomic mass is 10.0. The second-order valence-electron chi connectivity index (χ2n) is 5.26. The smallest absolute Gasteiger partial charge is 0.246 e. The first-order valence-electron chi connectivity index (χ1n) is 6.94. The van der Waals surface area contributed by atoms with E-state index in [4.69, 9.17) is 0 Å². The lowest BCUT2D eigenvalue weighted by molar-refractivity contribution is -0.117. The molecule has 3 rings (SSSR count). The molecular weight excluding hydrogens is 248 g/mol. The summed E-state index contributed by atoms with van der Waals surface area (Å²) in [6, 6.07) is 16.1. The number of anilines is 2. The summed E-state index contributed by atoms with van der Waals surface area (Å²) < 4.78 is 0. The molecule has 0 spiro atoms. The molecule has 0 saturated heterocycles. The van der Waals surface area contributed by atoms with Crippen LogP contribution in [-0.2, 0) is 11.2 Å². The molecule has 20 heavy (non-hydrogen) atoms. The minimum absolute atomic E-state index is 0.0530. The molecule has 0 radical (unpaired) electrons. The van der Waals surface area contributed by atoms with Crippen LogP contribution in [0.15, 0.2) is 48.5 Å². The highest BCUT2D eigenvalue weighted by atomic mass is 16.2. The molecule has 2 N–H and O–H groups in total. The molecular formula is C17H18N2O. The van der Waals surface area contributed by atoms with E-state index in [9.17, 15) is 4.79 Å². The summed E-state index contributed by atoms with van der Waals surface area (Å²) in [6.07, 6.45) is 1.69. The van der Waals surface area contributed by atoms with Crippen LogP contribution in [0, 0.1) is 6.92 Å². The SMILES string of the molecule is Cc1ccc2c(c1)NC(CCc1ccccc1)C(=O)N2. The molecule has 1 unspecified atom stereocenters. The Hall–Kier alpha value is -2.29. The van der Waals surface area contributed by atoms with E-state index in [1.807, 2.05) is 30.3 Å². The Kier molecular flexibility index (Phi) is 3.42. The van der Waals surface area contributed by atoms with Gasteiger partial charge in [-0.1, -0.05) is 36.4 Å². The van der Waals surface area contributed by atoms with Crippen LogP contribution in [0.4, 0.5) is 11.4 Å². The van der Waals surface area contributed by atoms with E-state index in [0.29, 0.717) is 0 Å². The number of carbonyl (C=O) groups excluding carboxylic acids is 1. The van der Waals surface area contributed by atoms with Crippen LogP contribution in [0.1, 0.15) is 17.5 Å². The highest BCUT2D eigenvalue weighted by Crippen LogP contribution is 2.28. The summed E-state index contributed by atoms with van der Waals surface area (Å²) in [5, 5.41) is 6.32. The fourth-order valence-corrected chi connectivity index (χ4v) is 2.52. The summed E-state index contributed by atoms with van der Waals surface area (Å²) >= 11 is 0. The summed E-state index contributed by atoms with van der Waals surface area (Å²) in [5.41, 5.74) is 4.34. The summed E-state index contributed by atoms with van der Waals surface area (Å²) in [7, 11) is 0. The number of fused-ring (bicyclic) bond motifs is 1. The van der Waals surface area contributed by atoms with E-state index in [1.54, 1.807) is 0 Å². The Balaban J connectivity index is 1.70. The number of amides is 1. The molecule has 2 aromatic rings. The summed E-state index contributed by atoms with van der Waals surface area (Å²) in [4.78, 5) is 12.1. The van der Waals surface area contributed by atoms with Gasteiger partial charge in [0.2, 0.25) is 5.91 Å². The molecule has 3 heteroatoms. The average molecular weight is 266 g/mol. The van der Waals surface area contributed by atoms with E-state index < -0.39 is 0 Å². The lowest BCUT2D eigenvalue weighted by Gasteiger charge is -2.27. The quantitative estimate of drug-likeness (QED) is 0.894. The van der Waals surface area contributed by atoms with Gasteiger partial charge < -0.3 is 10.6 Å². The zero-order chi connectivity index (χ0) is 13.9. The number of benzene rings is 2. The van der Waals surface area contributed by atoms with E-state index in [1.165, 1.54) is 11.1 Å². The van der Waals surface area contributed by atoms with Gasteiger partial charge in [0.15, 0.2) is 0 Å². The van der Waals surface area contributed by atoms with Crippen molar-refractivity contribution in [2.24, 2.45) is 0 Å². The van der Waals surface area contributed by atoms with E-state index >= 15 is 0 Å².